The summed E-state index contributed by atoms with van der Waals surface area (Å²) in [5, 5.41) is 8.99. The van der Waals surface area contributed by atoms with E-state index in [0.717, 1.165) is 29.8 Å². The number of carbonyl (C=O) groups excluding carboxylic acids is 1. The lowest BCUT2D eigenvalue weighted by atomic mass is 10.0. The van der Waals surface area contributed by atoms with E-state index in [1.165, 1.54) is 16.9 Å². The number of thiazole rings is 1. The van der Waals surface area contributed by atoms with Gasteiger partial charge in [0.05, 0.1) is 11.4 Å². The lowest BCUT2D eigenvalue weighted by Crippen LogP contribution is -2.12. The van der Waals surface area contributed by atoms with Gasteiger partial charge in [-0.1, -0.05) is 42.9 Å². The van der Waals surface area contributed by atoms with Crippen LogP contribution < -0.4 is 5.32 Å². The minimum atomic E-state index is -0.182. The van der Waals surface area contributed by atoms with Gasteiger partial charge in [-0.2, -0.15) is 5.10 Å². The van der Waals surface area contributed by atoms with Crippen molar-refractivity contribution >= 4 is 34.5 Å². The van der Waals surface area contributed by atoms with Crippen molar-refractivity contribution < 1.29 is 4.79 Å². The van der Waals surface area contributed by atoms with Gasteiger partial charge in [-0.05, 0) is 69.7 Å². The summed E-state index contributed by atoms with van der Waals surface area (Å²) in [6, 6.07) is 5.48. The first kappa shape index (κ1) is 21.5. The second-order valence-electron chi connectivity index (χ2n) is 7.77. The molecule has 1 amide bonds. The summed E-state index contributed by atoms with van der Waals surface area (Å²) in [5.41, 5.74) is 5.63. The minimum Gasteiger partial charge on any atom is -0.321 e. The van der Waals surface area contributed by atoms with Crippen LogP contribution in [0.15, 0.2) is 18.2 Å². The van der Waals surface area contributed by atoms with Crippen molar-refractivity contribution in [3.63, 3.8) is 0 Å². The number of nitrogens with one attached hydrogen (secondary N) is 1. The van der Waals surface area contributed by atoms with E-state index in [1.54, 1.807) is 0 Å². The fourth-order valence-electron chi connectivity index (χ4n) is 3.26. The zero-order chi connectivity index (χ0) is 21.3. The maximum Gasteiger partial charge on any atom is 0.267 e. The maximum absolute atomic E-state index is 12.9. The molecule has 0 fully saturated rings. The third-order valence-electron chi connectivity index (χ3n) is 5.10. The molecule has 0 aliphatic carbocycles. The molecule has 0 unspecified atom stereocenters. The van der Waals surface area contributed by atoms with Gasteiger partial charge in [0, 0.05) is 16.4 Å². The number of aromatic nitrogens is 3. The Morgan fingerprint density at radius 2 is 1.93 bits per heavy atom. The minimum absolute atomic E-state index is 0.182. The Morgan fingerprint density at radius 3 is 2.62 bits per heavy atom. The molecule has 0 saturated heterocycles. The third kappa shape index (κ3) is 4.54. The smallest absolute Gasteiger partial charge is 0.267 e. The van der Waals surface area contributed by atoms with Gasteiger partial charge in [0.15, 0.2) is 0 Å². The molecule has 3 rings (SSSR count). The molecule has 0 aliphatic rings. The summed E-state index contributed by atoms with van der Waals surface area (Å²) < 4.78 is 1.87. The largest absolute Gasteiger partial charge is 0.321 e. The van der Waals surface area contributed by atoms with Crippen LogP contribution in [0.1, 0.15) is 58.1 Å². The molecule has 5 nitrogen and oxygen atoms in total. The number of halogens is 1. The predicted octanol–water partition coefficient (Wildman–Crippen LogP) is 6.06. The van der Waals surface area contributed by atoms with Crippen molar-refractivity contribution in [2.24, 2.45) is 5.92 Å². The highest BCUT2D eigenvalue weighted by Crippen LogP contribution is 2.28. The average molecular weight is 431 g/mol. The summed E-state index contributed by atoms with van der Waals surface area (Å²) in [5.74, 6) is 0.461. The van der Waals surface area contributed by atoms with Crippen molar-refractivity contribution in [1.29, 1.82) is 0 Å². The number of hydrogen-bond donors (Lipinski definition) is 1. The van der Waals surface area contributed by atoms with Gasteiger partial charge in [-0.25, -0.2) is 9.67 Å². The molecule has 2 aromatic heterocycles. The van der Waals surface area contributed by atoms with Crippen LogP contribution in [0.25, 0.3) is 5.13 Å². The normalized spacial score (nSPS) is 11.3. The number of nitrogens with zero attached hydrogens (tertiary/aromatic N) is 3. The van der Waals surface area contributed by atoms with Gasteiger partial charge < -0.3 is 5.32 Å². The van der Waals surface area contributed by atoms with Crippen LogP contribution >= 0.6 is 22.9 Å². The molecule has 0 radical (unpaired) electrons. The Kier molecular flexibility index (Phi) is 6.44. The molecule has 7 heteroatoms. The van der Waals surface area contributed by atoms with Gasteiger partial charge in [0.1, 0.15) is 4.88 Å². The molecule has 0 spiro atoms. The van der Waals surface area contributed by atoms with Crippen molar-refractivity contribution in [2.75, 3.05) is 5.32 Å². The number of benzene rings is 1. The summed E-state index contributed by atoms with van der Waals surface area (Å²) in [4.78, 5) is 18.1. The van der Waals surface area contributed by atoms with Gasteiger partial charge in [-0.3, -0.25) is 4.79 Å². The topological polar surface area (TPSA) is 59.8 Å². The van der Waals surface area contributed by atoms with Crippen molar-refractivity contribution in [1.82, 2.24) is 14.8 Å². The van der Waals surface area contributed by atoms with Crippen LogP contribution in [-0.2, 0) is 6.42 Å². The molecule has 0 saturated carbocycles. The Morgan fingerprint density at radius 1 is 1.21 bits per heavy atom. The fourth-order valence-corrected chi connectivity index (χ4v) is 4.40. The first-order chi connectivity index (χ1) is 13.7. The van der Waals surface area contributed by atoms with Crippen molar-refractivity contribution in [3.8, 4) is 5.13 Å². The summed E-state index contributed by atoms with van der Waals surface area (Å²) in [6.07, 6.45) is 2.12. The highest BCUT2D eigenvalue weighted by molar-refractivity contribution is 7.16. The lowest BCUT2D eigenvalue weighted by Gasteiger charge is -2.08. The van der Waals surface area contributed by atoms with Crippen LogP contribution in [0.4, 0.5) is 5.69 Å². The SMILES string of the molecule is Cc1nc(-n2nc(C)c(CCC(C)C)c2C)sc1C(=O)Nc1cccc(Cl)c1C. The lowest BCUT2D eigenvalue weighted by molar-refractivity contribution is 0.102. The zero-order valence-electron chi connectivity index (χ0n) is 17.8. The van der Waals surface area contributed by atoms with E-state index in [0.29, 0.717) is 32.3 Å². The van der Waals surface area contributed by atoms with E-state index in [1.807, 2.05) is 43.7 Å². The first-order valence-corrected chi connectivity index (χ1v) is 11.0. The Balaban J connectivity index is 1.88. The number of amides is 1. The Hall–Kier alpha value is -2.18. The number of rotatable bonds is 6. The molecule has 2 heterocycles. The number of anilines is 1. The van der Waals surface area contributed by atoms with Gasteiger partial charge in [0.2, 0.25) is 5.13 Å². The summed E-state index contributed by atoms with van der Waals surface area (Å²) in [6.45, 7) is 12.3. The molecule has 1 N–H and O–H groups in total. The van der Waals surface area contributed by atoms with Gasteiger partial charge >= 0.3 is 0 Å². The fraction of sp³-hybridized carbons (Fsp3) is 0.409. The van der Waals surface area contributed by atoms with Gasteiger partial charge in [-0.15, -0.1) is 0 Å². The zero-order valence-corrected chi connectivity index (χ0v) is 19.3. The summed E-state index contributed by atoms with van der Waals surface area (Å²) in [7, 11) is 0. The molecule has 154 valence electrons. The van der Waals surface area contributed by atoms with Crippen LogP contribution in [-0.4, -0.2) is 20.7 Å². The van der Waals surface area contributed by atoms with Crippen LogP contribution in [0.2, 0.25) is 5.02 Å². The van der Waals surface area contributed by atoms with E-state index in [9.17, 15) is 4.79 Å². The van der Waals surface area contributed by atoms with E-state index in [2.05, 4.69) is 31.1 Å². The Labute approximate surface area is 181 Å². The number of hydrogen-bond acceptors (Lipinski definition) is 4. The van der Waals surface area contributed by atoms with E-state index >= 15 is 0 Å². The molecule has 1 aromatic carbocycles. The number of aryl methyl sites for hydroxylation is 2. The molecule has 29 heavy (non-hydrogen) atoms. The van der Waals surface area contributed by atoms with Crippen LogP contribution in [0.5, 0.6) is 0 Å². The van der Waals surface area contributed by atoms with Crippen molar-refractivity contribution in [3.05, 3.63) is 56.3 Å². The molecular weight excluding hydrogens is 404 g/mol. The Bertz CT molecular complexity index is 1050. The van der Waals surface area contributed by atoms with Crippen LogP contribution in [0.3, 0.4) is 0 Å². The monoisotopic (exact) mass is 430 g/mol. The molecule has 0 aliphatic heterocycles. The molecule has 0 bridgehead atoms. The van der Waals surface area contributed by atoms with E-state index < -0.39 is 0 Å². The van der Waals surface area contributed by atoms with E-state index in [-0.39, 0.29) is 5.91 Å². The van der Waals surface area contributed by atoms with E-state index in [4.69, 9.17) is 16.7 Å². The van der Waals surface area contributed by atoms with Crippen LogP contribution in [0, 0.1) is 33.6 Å². The third-order valence-corrected chi connectivity index (χ3v) is 6.64. The van der Waals surface area contributed by atoms with Crippen molar-refractivity contribution in [2.45, 2.75) is 54.4 Å². The average Bonchev–Trinajstić information content (AvgIpc) is 3.17. The molecular formula is C22H27ClN4OS. The maximum atomic E-state index is 12.9. The number of carbonyl (C=O) groups is 1. The second-order valence-corrected chi connectivity index (χ2v) is 9.16. The predicted molar refractivity (Wildman–Crippen MR) is 121 cm³/mol. The first-order valence-electron chi connectivity index (χ1n) is 9.78. The molecule has 0 atom stereocenters. The second kappa shape index (κ2) is 8.67. The van der Waals surface area contributed by atoms with Gasteiger partial charge in [0.25, 0.3) is 5.91 Å². The quantitative estimate of drug-likeness (QED) is 0.517. The standard InChI is InChI=1S/C22H27ClN4OS/c1-12(2)10-11-17-14(4)26-27(16(17)6)22-24-15(5)20(29-22)21(28)25-19-9-7-8-18(23)13(19)3/h7-9,12H,10-11H2,1-6H3,(H,25,28). The highest BCUT2D eigenvalue weighted by Gasteiger charge is 2.20. The highest BCUT2D eigenvalue weighted by atomic mass is 35.5. The molecule has 3 aromatic rings. The summed E-state index contributed by atoms with van der Waals surface area (Å²) >= 11 is 7.52.